The van der Waals surface area contributed by atoms with Crippen molar-refractivity contribution in [1.29, 1.82) is 0 Å². The Balaban J connectivity index is 2.21. The highest BCUT2D eigenvalue weighted by Gasteiger charge is 2.24. The van der Waals surface area contributed by atoms with E-state index >= 15 is 0 Å². The maximum absolute atomic E-state index is 11.6. The van der Waals surface area contributed by atoms with E-state index in [0.29, 0.717) is 0 Å². The number of carboxylic acid groups (broad SMARTS) is 1. The van der Waals surface area contributed by atoms with E-state index in [1.807, 2.05) is 78.6 Å². The van der Waals surface area contributed by atoms with Crippen LogP contribution in [0.4, 0.5) is 11.4 Å². The van der Waals surface area contributed by atoms with Crippen molar-refractivity contribution in [2.24, 2.45) is 0 Å². The Morgan fingerprint density at radius 1 is 0.957 bits per heavy atom. The van der Waals surface area contributed by atoms with Crippen LogP contribution < -0.4 is 4.90 Å². The van der Waals surface area contributed by atoms with Crippen LogP contribution in [-0.2, 0) is 4.79 Å². The van der Waals surface area contributed by atoms with Crippen molar-refractivity contribution in [2.45, 2.75) is 19.9 Å². The molecule has 0 amide bonds. The Morgan fingerprint density at radius 2 is 1.61 bits per heavy atom. The van der Waals surface area contributed by atoms with Gasteiger partial charge in [-0.15, -0.1) is 0 Å². The third kappa shape index (κ3) is 2.90. The highest BCUT2D eigenvalue weighted by Crippen LogP contribution is 2.34. The summed E-state index contributed by atoms with van der Waals surface area (Å²) in [5, 5.41) is 11.7. The fourth-order valence-corrected chi connectivity index (χ4v) is 2.81. The molecule has 0 heterocycles. The zero-order valence-electron chi connectivity index (χ0n) is 13.2. The topological polar surface area (TPSA) is 40.5 Å². The maximum atomic E-state index is 11.6. The van der Waals surface area contributed by atoms with Gasteiger partial charge in [0.2, 0.25) is 0 Å². The van der Waals surface area contributed by atoms with Crippen LogP contribution in [0.1, 0.15) is 12.5 Å². The lowest BCUT2D eigenvalue weighted by molar-refractivity contribution is -0.137. The van der Waals surface area contributed by atoms with Crippen molar-refractivity contribution in [3.8, 4) is 0 Å². The van der Waals surface area contributed by atoms with Gasteiger partial charge in [0.1, 0.15) is 6.04 Å². The van der Waals surface area contributed by atoms with Crippen LogP contribution in [0.3, 0.4) is 0 Å². The minimum atomic E-state index is -0.849. The van der Waals surface area contributed by atoms with Crippen LogP contribution in [0.2, 0.25) is 0 Å². The number of aliphatic carboxylic acids is 1. The van der Waals surface area contributed by atoms with E-state index in [2.05, 4.69) is 0 Å². The number of aryl methyl sites for hydroxylation is 1. The Morgan fingerprint density at radius 3 is 2.30 bits per heavy atom. The lowest BCUT2D eigenvalue weighted by atomic mass is 10.1. The second-order valence-electron chi connectivity index (χ2n) is 5.72. The van der Waals surface area contributed by atoms with E-state index in [1.165, 1.54) is 0 Å². The molecule has 3 heteroatoms. The Bertz CT molecular complexity index is 834. The summed E-state index contributed by atoms with van der Waals surface area (Å²) < 4.78 is 0. The normalized spacial score (nSPS) is 12.1. The molecule has 1 atom stereocenters. The first-order valence-corrected chi connectivity index (χ1v) is 7.64. The first-order chi connectivity index (χ1) is 11.1. The molecule has 0 saturated carbocycles. The van der Waals surface area contributed by atoms with Gasteiger partial charge in [-0.05, 0) is 37.4 Å². The van der Waals surface area contributed by atoms with Crippen molar-refractivity contribution >= 4 is 28.1 Å². The second kappa shape index (κ2) is 6.13. The summed E-state index contributed by atoms with van der Waals surface area (Å²) in [6.07, 6.45) is 0. The van der Waals surface area contributed by atoms with Gasteiger partial charge >= 0.3 is 5.97 Å². The van der Waals surface area contributed by atoms with Crippen molar-refractivity contribution in [3.63, 3.8) is 0 Å². The van der Waals surface area contributed by atoms with Gasteiger partial charge in [0.15, 0.2) is 0 Å². The molecule has 0 bridgehead atoms. The fourth-order valence-electron chi connectivity index (χ4n) is 2.81. The molecule has 0 unspecified atom stereocenters. The molecule has 0 saturated heterocycles. The lowest BCUT2D eigenvalue weighted by Gasteiger charge is -2.30. The summed E-state index contributed by atoms with van der Waals surface area (Å²) in [6.45, 7) is 3.73. The van der Waals surface area contributed by atoms with Gasteiger partial charge in [-0.25, -0.2) is 4.79 Å². The summed E-state index contributed by atoms with van der Waals surface area (Å²) in [7, 11) is 0. The number of fused-ring (bicyclic) bond motifs is 1. The number of hydrogen-bond donors (Lipinski definition) is 1. The zero-order valence-corrected chi connectivity index (χ0v) is 13.2. The SMILES string of the molecule is Cc1ccc(N(c2cccc3ccccc23)[C@@H](C)C(=O)O)cc1. The smallest absolute Gasteiger partial charge is 0.326 e. The number of hydrogen-bond acceptors (Lipinski definition) is 2. The highest BCUT2D eigenvalue weighted by atomic mass is 16.4. The summed E-state index contributed by atoms with van der Waals surface area (Å²) in [6, 6.07) is 21.3. The van der Waals surface area contributed by atoms with E-state index in [4.69, 9.17) is 0 Å². The van der Waals surface area contributed by atoms with Gasteiger partial charge in [0.05, 0.1) is 0 Å². The molecule has 0 aliphatic rings. The number of carboxylic acids is 1. The molecule has 3 aromatic carbocycles. The first kappa shape index (κ1) is 15.1. The Kier molecular flexibility index (Phi) is 4.02. The number of carbonyl (C=O) groups is 1. The predicted octanol–water partition coefficient (Wildman–Crippen LogP) is 4.76. The van der Waals surface area contributed by atoms with Crippen LogP contribution in [0, 0.1) is 6.92 Å². The number of benzene rings is 3. The Hall–Kier alpha value is -2.81. The van der Waals surface area contributed by atoms with Crippen LogP contribution in [0.25, 0.3) is 10.8 Å². The second-order valence-corrected chi connectivity index (χ2v) is 5.72. The largest absolute Gasteiger partial charge is 0.480 e. The molecule has 3 nitrogen and oxygen atoms in total. The molecule has 0 spiro atoms. The molecule has 116 valence electrons. The average Bonchev–Trinajstić information content (AvgIpc) is 2.57. The predicted molar refractivity (Wildman–Crippen MR) is 94.4 cm³/mol. The monoisotopic (exact) mass is 305 g/mol. The van der Waals surface area contributed by atoms with Crippen LogP contribution in [0.15, 0.2) is 66.7 Å². The summed E-state index contributed by atoms with van der Waals surface area (Å²) >= 11 is 0. The first-order valence-electron chi connectivity index (χ1n) is 7.64. The van der Waals surface area contributed by atoms with Gasteiger partial charge in [-0.2, -0.15) is 0 Å². The van der Waals surface area contributed by atoms with Crippen LogP contribution >= 0.6 is 0 Å². The van der Waals surface area contributed by atoms with Crippen molar-refractivity contribution in [3.05, 3.63) is 72.3 Å². The molecule has 0 aliphatic heterocycles. The summed E-state index contributed by atoms with van der Waals surface area (Å²) in [5.74, 6) is -0.849. The summed E-state index contributed by atoms with van der Waals surface area (Å²) in [5.41, 5.74) is 2.93. The Labute approximate surface area is 135 Å². The molecule has 0 aromatic heterocycles. The van der Waals surface area contributed by atoms with E-state index in [0.717, 1.165) is 27.7 Å². The van der Waals surface area contributed by atoms with E-state index in [-0.39, 0.29) is 0 Å². The minimum Gasteiger partial charge on any atom is -0.480 e. The van der Waals surface area contributed by atoms with Crippen molar-refractivity contribution in [1.82, 2.24) is 0 Å². The number of anilines is 2. The number of nitrogens with zero attached hydrogens (tertiary/aromatic N) is 1. The lowest BCUT2D eigenvalue weighted by Crippen LogP contribution is -2.35. The molecule has 0 fully saturated rings. The third-order valence-corrected chi connectivity index (χ3v) is 4.08. The summed E-state index contributed by atoms with van der Waals surface area (Å²) in [4.78, 5) is 13.5. The fraction of sp³-hybridized carbons (Fsp3) is 0.150. The van der Waals surface area contributed by atoms with Gasteiger partial charge in [0.25, 0.3) is 0 Å². The third-order valence-electron chi connectivity index (χ3n) is 4.08. The molecule has 3 rings (SSSR count). The van der Waals surface area contributed by atoms with Crippen LogP contribution in [0.5, 0.6) is 0 Å². The van der Waals surface area contributed by atoms with E-state index in [1.54, 1.807) is 6.92 Å². The molecule has 3 aromatic rings. The molecule has 0 radical (unpaired) electrons. The molecular formula is C20H19NO2. The molecular weight excluding hydrogens is 286 g/mol. The average molecular weight is 305 g/mol. The van der Waals surface area contributed by atoms with E-state index < -0.39 is 12.0 Å². The molecule has 0 aliphatic carbocycles. The highest BCUT2D eigenvalue weighted by molar-refractivity contribution is 5.98. The maximum Gasteiger partial charge on any atom is 0.326 e. The van der Waals surface area contributed by atoms with Gasteiger partial charge in [-0.1, -0.05) is 54.1 Å². The van der Waals surface area contributed by atoms with Crippen molar-refractivity contribution in [2.75, 3.05) is 4.90 Å². The quantitative estimate of drug-likeness (QED) is 0.755. The van der Waals surface area contributed by atoms with Gasteiger partial charge < -0.3 is 10.0 Å². The molecule has 1 N–H and O–H groups in total. The standard InChI is InChI=1S/C20H19NO2/c1-14-10-12-17(13-11-14)21(15(2)20(22)23)19-9-5-7-16-6-3-4-8-18(16)19/h3-13,15H,1-2H3,(H,22,23)/t15-/m0/s1. The molecule has 23 heavy (non-hydrogen) atoms. The van der Waals surface area contributed by atoms with Crippen LogP contribution in [-0.4, -0.2) is 17.1 Å². The van der Waals surface area contributed by atoms with Gasteiger partial charge in [-0.3, -0.25) is 0 Å². The minimum absolute atomic E-state index is 0.663. The van der Waals surface area contributed by atoms with E-state index in [9.17, 15) is 9.90 Å². The van der Waals surface area contributed by atoms with Crippen molar-refractivity contribution < 1.29 is 9.90 Å². The van der Waals surface area contributed by atoms with Gasteiger partial charge in [0, 0.05) is 16.8 Å². The zero-order chi connectivity index (χ0) is 16.4. The number of rotatable bonds is 4.